The second-order valence-corrected chi connectivity index (χ2v) is 10.00. The van der Waals surface area contributed by atoms with Gasteiger partial charge in [0.25, 0.3) is 0 Å². The molecule has 1 heterocycles. The SMILES string of the molecule is Cc1ccccc1SC1CCCCC1SCC(=O)N(C)C(C)c1ccccn1. The first-order chi connectivity index (χ1) is 13.6. The van der Waals surface area contributed by atoms with Crippen LogP contribution in [0.4, 0.5) is 0 Å². The summed E-state index contributed by atoms with van der Waals surface area (Å²) in [5, 5.41) is 1.13. The molecular formula is C23H30N2OS2. The minimum absolute atomic E-state index is 0.00204. The summed E-state index contributed by atoms with van der Waals surface area (Å²) in [4.78, 5) is 20.4. The highest BCUT2D eigenvalue weighted by Gasteiger charge is 2.28. The number of aromatic nitrogens is 1. The number of amides is 1. The molecule has 0 saturated heterocycles. The predicted molar refractivity (Wildman–Crippen MR) is 121 cm³/mol. The number of nitrogens with zero attached hydrogens (tertiary/aromatic N) is 2. The third-order valence-electron chi connectivity index (χ3n) is 5.52. The fourth-order valence-corrected chi connectivity index (χ4v) is 6.51. The van der Waals surface area contributed by atoms with Gasteiger partial charge in [-0.3, -0.25) is 9.78 Å². The van der Waals surface area contributed by atoms with Gasteiger partial charge in [0.05, 0.1) is 17.5 Å². The molecule has 0 bridgehead atoms. The van der Waals surface area contributed by atoms with E-state index in [1.54, 1.807) is 6.20 Å². The Bertz CT molecular complexity index is 768. The van der Waals surface area contributed by atoms with Crippen LogP contribution in [0.15, 0.2) is 53.6 Å². The maximum absolute atomic E-state index is 12.8. The first-order valence-corrected chi connectivity index (χ1v) is 12.0. The molecule has 0 aliphatic heterocycles. The highest BCUT2D eigenvalue weighted by Crippen LogP contribution is 2.40. The Morgan fingerprint density at radius 1 is 1.14 bits per heavy atom. The van der Waals surface area contributed by atoms with E-state index in [1.165, 1.54) is 36.1 Å². The zero-order valence-electron chi connectivity index (χ0n) is 17.0. The van der Waals surface area contributed by atoms with Crippen LogP contribution in [-0.4, -0.2) is 39.1 Å². The molecule has 2 aromatic rings. The third-order valence-corrected chi connectivity index (χ3v) is 8.68. The van der Waals surface area contributed by atoms with E-state index < -0.39 is 0 Å². The van der Waals surface area contributed by atoms with Crippen LogP contribution >= 0.6 is 23.5 Å². The molecule has 5 heteroatoms. The molecule has 1 fully saturated rings. The van der Waals surface area contributed by atoms with Gasteiger partial charge in [0.1, 0.15) is 0 Å². The second-order valence-electron chi connectivity index (χ2n) is 7.49. The van der Waals surface area contributed by atoms with Gasteiger partial charge in [-0.2, -0.15) is 0 Å². The van der Waals surface area contributed by atoms with E-state index in [0.717, 1.165) is 5.69 Å². The Kier molecular flexibility index (Phi) is 7.86. The molecule has 0 spiro atoms. The highest BCUT2D eigenvalue weighted by atomic mass is 32.2. The van der Waals surface area contributed by atoms with E-state index >= 15 is 0 Å². The second kappa shape index (κ2) is 10.4. The Balaban J connectivity index is 1.57. The van der Waals surface area contributed by atoms with Crippen LogP contribution in [0.3, 0.4) is 0 Å². The Morgan fingerprint density at radius 3 is 2.57 bits per heavy atom. The monoisotopic (exact) mass is 414 g/mol. The van der Waals surface area contributed by atoms with Gasteiger partial charge in [-0.15, -0.1) is 23.5 Å². The summed E-state index contributed by atoms with van der Waals surface area (Å²) in [6.07, 6.45) is 6.81. The number of carbonyl (C=O) groups excluding carboxylic acids is 1. The summed E-state index contributed by atoms with van der Waals surface area (Å²) in [5.41, 5.74) is 2.29. The number of hydrogen-bond acceptors (Lipinski definition) is 4. The maximum Gasteiger partial charge on any atom is 0.232 e. The van der Waals surface area contributed by atoms with Crippen molar-refractivity contribution in [2.24, 2.45) is 0 Å². The van der Waals surface area contributed by atoms with Crippen LogP contribution < -0.4 is 0 Å². The molecule has 1 aliphatic carbocycles. The van der Waals surface area contributed by atoms with Gasteiger partial charge in [0.2, 0.25) is 5.91 Å². The van der Waals surface area contributed by atoms with Gasteiger partial charge in [-0.25, -0.2) is 0 Å². The van der Waals surface area contributed by atoms with Gasteiger partial charge >= 0.3 is 0 Å². The smallest absolute Gasteiger partial charge is 0.232 e. The predicted octanol–water partition coefficient (Wildman–Crippen LogP) is 5.75. The van der Waals surface area contributed by atoms with Crippen LogP contribution in [0.1, 0.15) is 49.9 Å². The van der Waals surface area contributed by atoms with E-state index in [1.807, 2.05) is 60.6 Å². The number of thioether (sulfide) groups is 2. The maximum atomic E-state index is 12.8. The summed E-state index contributed by atoms with van der Waals surface area (Å²) < 4.78 is 0. The number of carbonyl (C=O) groups is 1. The van der Waals surface area contributed by atoms with Gasteiger partial charge in [-0.05, 0) is 50.5 Å². The van der Waals surface area contributed by atoms with Gasteiger partial charge < -0.3 is 4.90 Å². The highest BCUT2D eigenvalue weighted by molar-refractivity contribution is 8.04. The number of hydrogen-bond donors (Lipinski definition) is 0. The fourth-order valence-electron chi connectivity index (χ4n) is 3.56. The lowest BCUT2D eigenvalue weighted by atomic mass is 10.00. The van der Waals surface area contributed by atoms with Crippen molar-refractivity contribution in [2.45, 2.75) is 61.0 Å². The van der Waals surface area contributed by atoms with Crippen molar-refractivity contribution in [2.75, 3.05) is 12.8 Å². The molecule has 0 radical (unpaired) electrons. The summed E-state index contributed by atoms with van der Waals surface area (Å²) in [6, 6.07) is 14.5. The molecule has 0 N–H and O–H groups in total. The minimum atomic E-state index is -0.00204. The lowest BCUT2D eigenvalue weighted by Crippen LogP contribution is -2.33. The largest absolute Gasteiger partial charge is 0.337 e. The Hall–Kier alpha value is -1.46. The van der Waals surface area contributed by atoms with E-state index in [0.29, 0.717) is 16.3 Å². The Labute approximate surface area is 177 Å². The van der Waals surface area contributed by atoms with E-state index in [4.69, 9.17) is 0 Å². The normalized spacial score (nSPS) is 20.5. The van der Waals surface area contributed by atoms with Crippen LogP contribution in [0.25, 0.3) is 0 Å². The molecule has 3 nitrogen and oxygen atoms in total. The van der Waals surface area contributed by atoms with Crippen molar-refractivity contribution in [3.05, 3.63) is 59.9 Å². The summed E-state index contributed by atoms with van der Waals surface area (Å²) in [7, 11) is 1.89. The minimum Gasteiger partial charge on any atom is -0.337 e. The van der Waals surface area contributed by atoms with E-state index in [9.17, 15) is 4.79 Å². The van der Waals surface area contributed by atoms with Crippen molar-refractivity contribution < 1.29 is 4.79 Å². The summed E-state index contributed by atoms with van der Waals surface area (Å²) >= 11 is 3.85. The molecule has 1 aromatic heterocycles. The quantitative estimate of drug-likeness (QED) is 0.578. The van der Waals surface area contributed by atoms with Crippen molar-refractivity contribution in [1.29, 1.82) is 0 Å². The molecule has 3 unspecified atom stereocenters. The summed E-state index contributed by atoms with van der Waals surface area (Å²) in [6.45, 7) is 4.23. The van der Waals surface area contributed by atoms with Crippen molar-refractivity contribution in [1.82, 2.24) is 9.88 Å². The molecule has 1 amide bonds. The van der Waals surface area contributed by atoms with Gasteiger partial charge in [0.15, 0.2) is 0 Å². The fraction of sp³-hybridized carbons (Fsp3) is 0.478. The first kappa shape index (κ1) is 21.3. The Morgan fingerprint density at radius 2 is 1.86 bits per heavy atom. The molecule has 1 saturated carbocycles. The topological polar surface area (TPSA) is 33.2 Å². The van der Waals surface area contributed by atoms with E-state index in [-0.39, 0.29) is 11.9 Å². The number of benzene rings is 1. The van der Waals surface area contributed by atoms with Gasteiger partial charge in [0, 0.05) is 28.6 Å². The first-order valence-electron chi connectivity index (χ1n) is 10.1. The average molecular weight is 415 g/mol. The van der Waals surface area contributed by atoms with Crippen molar-refractivity contribution in [3.8, 4) is 0 Å². The van der Waals surface area contributed by atoms with Crippen molar-refractivity contribution >= 4 is 29.4 Å². The third kappa shape index (κ3) is 5.54. The van der Waals surface area contributed by atoms with Crippen molar-refractivity contribution in [3.63, 3.8) is 0 Å². The molecule has 1 aliphatic rings. The summed E-state index contributed by atoms with van der Waals surface area (Å²) in [5.74, 6) is 0.733. The number of rotatable bonds is 7. The number of pyridine rings is 1. The molecule has 3 rings (SSSR count). The zero-order valence-corrected chi connectivity index (χ0v) is 18.6. The lowest BCUT2D eigenvalue weighted by molar-refractivity contribution is -0.129. The molecule has 3 atom stereocenters. The molecule has 150 valence electrons. The van der Waals surface area contributed by atoms with Crippen LogP contribution in [0.2, 0.25) is 0 Å². The van der Waals surface area contributed by atoms with E-state index in [2.05, 4.69) is 36.2 Å². The van der Waals surface area contributed by atoms with Crippen LogP contribution in [0, 0.1) is 6.92 Å². The molecule has 1 aromatic carbocycles. The lowest BCUT2D eigenvalue weighted by Gasteiger charge is -2.32. The average Bonchev–Trinajstić information content (AvgIpc) is 2.74. The molecule has 28 heavy (non-hydrogen) atoms. The molecular weight excluding hydrogens is 384 g/mol. The van der Waals surface area contributed by atoms with Gasteiger partial charge in [-0.1, -0.05) is 37.1 Å². The van der Waals surface area contributed by atoms with Crippen LogP contribution in [0.5, 0.6) is 0 Å². The van der Waals surface area contributed by atoms with Crippen LogP contribution in [-0.2, 0) is 4.79 Å². The zero-order chi connectivity index (χ0) is 19.9. The number of aryl methyl sites for hydroxylation is 1. The standard InChI is InChI=1S/C23H30N2OS2/c1-17-10-4-5-12-20(17)28-22-14-7-6-13-21(22)27-16-23(26)25(3)18(2)19-11-8-9-15-24-19/h4-5,8-12,15,18,21-22H,6-7,13-14,16H2,1-3H3.